The van der Waals surface area contributed by atoms with Gasteiger partial charge < -0.3 is 14.5 Å². The van der Waals surface area contributed by atoms with E-state index in [0.717, 1.165) is 30.2 Å². The molecular formula is C22H22F3N3O2. The number of ether oxygens (including phenoxy) is 1. The first-order chi connectivity index (χ1) is 14.2. The van der Waals surface area contributed by atoms with Crippen LogP contribution in [-0.4, -0.2) is 50.1 Å². The first-order valence-electron chi connectivity index (χ1n) is 9.72. The molecule has 2 aliphatic heterocycles. The maximum Gasteiger partial charge on any atom is 0.573 e. The fourth-order valence-corrected chi connectivity index (χ4v) is 3.89. The third kappa shape index (κ3) is 4.27. The molecule has 1 atom stereocenters. The monoisotopic (exact) mass is 417 g/mol. The second-order valence-electron chi connectivity index (χ2n) is 7.78. The summed E-state index contributed by atoms with van der Waals surface area (Å²) < 4.78 is 40.7. The quantitative estimate of drug-likeness (QED) is 0.690. The summed E-state index contributed by atoms with van der Waals surface area (Å²) in [4.78, 5) is 21.6. The predicted molar refractivity (Wildman–Crippen MR) is 109 cm³/mol. The van der Waals surface area contributed by atoms with Crippen LogP contribution in [0, 0.1) is 5.92 Å². The lowest BCUT2D eigenvalue weighted by Gasteiger charge is -2.19. The van der Waals surface area contributed by atoms with Gasteiger partial charge in [-0.2, -0.15) is 0 Å². The Morgan fingerprint density at radius 2 is 1.90 bits per heavy atom. The van der Waals surface area contributed by atoms with Crippen LogP contribution in [0.2, 0.25) is 0 Å². The number of benzene rings is 2. The standard InChI is InChI=1S/C22H22F3N3O2/c1-27(2)20-12-16-11-17(5-8-19(16)26-20)28-10-9-15(13-28)21(29)14-3-6-18(7-4-14)30-22(23,24)25/h3-8,11,15H,9-10,12-13H2,1-2H3. The molecule has 0 radical (unpaired) electrons. The number of rotatable bonds is 4. The highest BCUT2D eigenvalue weighted by Gasteiger charge is 2.32. The average molecular weight is 417 g/mol. The van der Waals surface area contributed by atoms with Gasteiger partial charge in [-0.25, -0.2) is 4.99 Å². The van der Waals surface area contributed by atoms with E-state index < -0.39 is 6.36 Å². The minimum Gasteiger partial charge on any atom is -0.406 e. The molecule has 0 spiro atoms. The summed E-state index contributed by atoms with van der Waals surface area (Å²) in [6.07, 6.45) is -3.25. The van der Waals surface area contributed by atoms with E-state index in [-0.39, 0.29) is 17.5 Å². The summed E-state index contributed by atoms with van der Waals surface area (Å²) in [5.41, 5.74) is 3.62. The lowest BCUT2D eigenvalue weighted by Crippen LogP contribution is -2.23. The third-order valence-electron chi connectivity index (χ3n) is 5.47. The molecule has 2 heterocycles. The molecule has 4 rings (SSSR count). The van der Waals surface area contributed by atoms with Gasteiger partial charge in [0.15, 0.2) is 5.78 Å². The number of hydrogen-bond donors (Lipinski definition) is 0. The van der Waals surface area contributed by atoms with Crippen molar-refractivity contribution in [3.8, 4) is 5.75 Å². The summed E-state index contributed by atoms with van der Waals surface area (Å²) in [6, 6.07) is 11.3. The molecule has 1 fully saturated rings. The van der Waals surface area contributed by atoms with Gasteiger partial charge in [-0.05, 0) is 54.4 Å². The molecule has 30 heavy (non-hydrogen) atoms. The van der Waals surface area contributed by atoms with E-state index in [1.54, 1.807) is 0 Å². The van der Waals surface area contributed by atoms with E-state index in [0.29, 0.717) is 18.5 Å². The molecule has 0 amide bonds. The number of hydrogen-bond acceptors (Lipinski definition) is 5. The predicted octanol–water partition coefficient (Wildman–Crippen LogP) is 4.44. The summed E-state index contributed by atoms with van der Waals surface area (Å²) in [5, 5.41) is 0. The van der Waals surface area contributed by atoms with Gasteiger partial charge in [0.2, 0.25) is 0 Å². The lowest BCUT2D eigenvalue weighted by molar-refractivity contribution is -0.274. The molecule has 1 saturated heterocycles. The summed E-state index contributed by atoms with van der Waals surface area (Å²) in [7, 11) is 3.95. The second kappa shape index (κ2) is 7.66. The number of halogens is 3. The molecule has 0 aliphatic carbocycles. The van der Waals surface area contributed by atoms with Crippen LogP contribution in [-0.2, 0) is 6.42 Å². The van der Waals surface area contributed by atoms with Gasteiger partial charge in [0.05, 0.1) is 5.69 Å². The molecule has 0 N–H and O–H groups in total. The molecule has 0 saturated carbocycles. The Labute approximate surface area is 172 Å². The Bertz CT molecular complexity index is 984. The van der Waals surface area contributed by atoms with Crippen LogP contribution in [0.25, 0.3) is 0 Å². The highest BCUT2D eigenvalue weighted by atomic mass is 19.4. The summed E-state index contributed by atoms with van der Waals surface area (Å²) in [6.45, 7) is 1.34. The number of anilines is 1. The molecule has 5 nitrogen and oxygen atoms in total. The van der Waals surface area contributed by atoms with Crippen LogP contribution in [0.4, 0.5) is 24.5 Å². The number of carbonyl (C=O) groups excluding carboxylic acids is 1. The maximum atomic E-state index is 12.8. The van der Waals surface area contributed by atoms with Crippen molar-refractivity contribution in [2.75, 3.05) is 32.1 Å². The van der Waals surface area contributed by atoms with E-state index in [9.17, 15) is 18.0 Å². The second-order valence-corrected chi connectivity index (χ2v) is 7.78. The number of aliphatic imine (C=N–C) groups is 1. The topological polar surface area (TPSA) is 45.1 Å². The Hall–Kier alpha value is -3.03. The zero-order valence-corrected chi connectivity index (χ0v) is 16.7. The normalized spacial score (nSPS) is 18.2. The number of alkyl halides is 3. The average Bonchev–Trinajstić information content (AvgIpc) is 3.33. The first kappa shape index (κ1) is 20.3. The molecule has 2 aromatic carbocycles. The summed E-state index contributed by atoms with van der Waals surface area (Å²) in [5.74, 6) is 0.441. The van der Waals surface area contributed by atoms with Gasteiger partial charge in [-0.1, -0.05) is 0 Å². The Morgan fingerprint density at radius 3 is 2.57 bits per heavy atom. The molecular weight excluding hydrogens is 395 g/mol. The van der Waals surface area contributed by atoms with Crippen LogP contribution in [0.15, 0.2) is 47.5 Å². The van der Waals surface area contributed by atoms with E-state index in [1.807, 2.05) is 31.1 Å². The van der Waals surface area contributed by atoms with Gasteiger partial charge >= 0.3 is 6.36 Å². The van der Waals surface area contributed by atoms with Gasteiger partial charge in [0.25, 0.3) is 0 Å². The zero-order chi connectivity index (χ0) is 21.5. The highest BCUT2D eigenvalue weighted by molar-refractivity contribution is 5.98. The van der Waals surface area contributed by atoms with Gasteiger partial charge in [0, 0.05) is 50.8 Å². The molecule has 158 valence electrons. The van der Waals surface area contributed by atoms with Crippen molar-refractivity contribution in [1.29, 1.82) is 0 Å². The van der Waals surface area contributed by atoms with Gasteiger partial charge in [0.1, 0.15) is 11.6 Å². The van der Waals surface area contributed by atoms with Crippen LogP contribution in [0.1, 0.15) is 22.3 Å². The van der Waals surface area contributed by atoms with Crippen molar-refractivity contribution < 1.29 is 22.7 Å². The Balaban J connectivity index is 1.41. The Kier molecular flexibility index (Phi) is 5.17. The number of Topliss-reactive ketones (excluding diaryl/α,β-unsaturated/α-hetero) is 1. The number of ketones is 1. The molecule has 8 heteroatoms. The van der Waals surface area contributed by atoms with Crippen LogP contribution < -0.4 is 9.64 Å². The highest BCUT2D eigenvalue weighted by Crippen LogP contribution is 2.34. The molecule has 1 unspecified atom stereocenters. The van der Waals surface area contributed by atoms with Crippen molar-refractivity contribution in [3.63, 3.8) is 0 Å². The van der Waals surface area contributed by atoms with Crippen molar-refractivity contribution in [2.24, 2.45) is 10.9 Å². The van der Waals surface area contributed by atoms with Crippen LogP contribution in [0.5, 0.6) is 5.75 Å². The van der Waals surface area contributed by atoms with E-state index >= 15 is 0 Å². The van der Waals surface area contributed by atoms with Crippen molar-refractivity contribution in [2.45, 2.75) is 19.2 Å². The number of likely N-dealkylation sites (N-methyl/N-ethyl adjacent to an activating group) is 1. The molecule has 2 aromatic rings. The van der Waals surface area contributed by atoms with Crippen molar-refractivity contribution in [1.82, 2.24) is 4.90 Å². The molecule has 0 aromatic heterocycles. The van der Waals surface area contributed by atoms with E-state index in [4.69, 9.17) is 0 Å². The SMILES string of the molecule is CN(C)C1=Nc2ccc(N3CCC(C(=O)c4ccc(OC(F)(F)F)cc4)C3)cc2C1. The van der Waals surface area contributed by atoms with Crippen molar-refractivity contribution >= 4 is 23.0 Å². The zero-order valence-electron chi connectivity index (χ0n) is 16.7. The van der Waals surface area contributed by atoms with Gasteiger partial charge in [-0.15, -0.1) is 13.2 Å². The Morgan fingerprint density at radius 1 is 1.17 bits per heavy atom. The van der Waals surface area contributed by atoms with Crippen LogP contribution in [0.3, 0.4) is 0 Å². The van der Waals surface area contributed by atoms with Crippen molar-refractivity contribution in [3.05, 3.63) is 53.6 Å². The lowest BCUT2D eigenvalue weighted by atomic mass is 9.97. The number of nitrogens with zero attached hydrogens (tertiary/aromatic N) is 3. The minimum absolute atomic E-state index is 0.0598. The minimum atomic E-state index is -4.74. The molecule has 2 aliphatic rings. The number of carbonyl (C=O) groups is 1. The van der Waals surface area contributed by atoms with E-state index in [1.165, 1.54) is 29.8 Å². The smallest absolute Gasteiger partial charge is 0.406 e. The third-order valence-corrected chi connectivity index (χ3v) is 5.47. The fraction of sp³-hybridized carbons (Fsp3) is 0.364. The number of fused-ring (bicyclic) bond motifs is 1. The van der Waals surface area contributed by atoms with Gasteiger partial charge in [-0.3, -0.25) is 4.79 Å². The largest absolute Gasteiger partial charge is 0.573 e. The van der Waals surface area contributed by atoms with E-state index in [2.05, 4.69) is 20.7 Å². The fourth-order valence-electron chi connectivity index (χ4n) is 3.89. The van der Waals surface area contributed by atoms with Crippen LogP contribution >= 0.6 is 0 Å². The summed E-state index contributed by atoms with van der Waals surface area (Å²) >= 11 is 0. The number of amidine groups is 1. The maximum absolute atomic E-state index is 12.8. The first-order valence-corrected chi connectivity index (χ1v) is 9.72. The molecule has 0 bridgehead atoms.